The lowest BCUT2D eigenvalue weighted by Crippen LogP contribution is -3.12. The molecule has 4 nitrogen and oxygen atoms in total. The fourth-order valence-corrected chi connectivity index (χ4v) is 2.05. The first-order chi connectivity index (χ1) is 9.19. The van der Waals surface area contributed by atoms with Gasteiger partial charge in [-0.1, -0.05) is 12.1 Å². The van der Waals surface area contributed by atoms with Crippen LogP contribution in [0, 0.1) is 11.3 Å². The maximum Gasteiger partial charge on any atom is 0.246 e. The average Bonchev–Trinajstić information content (AvgIpc) is 2.46. The van der Waals surface area contributed by atoms with Gasteiger partial charge in [-0.3, -0.25) is 4.79 Å². The molecule has 0 saturated carbocycles. The van der Waals surface area contributed by atoms with E-state index in [4.69, 9.17) is 5.26 Å². The van der Waals surface area contributed by atoms with Crippen LogP contribution in [0.2, 0.25) is 0 Å². The molecule has 1 aliphatic rings. The van der Waals surface area contributed by atoms with Crippen LogP contribution in [0.15, 0.2) is 30.3 Å². The highest BCUT2D eigenvalue weighted by atomic mass is 16.2. The van der Waals surface area contributed by atoms with E-state index in [1.54, 1.807) is 24.3 Å². The van der Waals surface area contributed by atoms with Crippen molar-refractivity contribution in [1.29, 1.82) is 5.26 Å². The van der Waals surface area contributed by atoms with Crippen LogP contribution in [0.5, 0.6) is 0 Å². The summed E-state index contributed by atoms with van der Waals surface area (Å²) in [4.78, 5) is 15.3. The van der Waals surface area contributed by atoms with E-state index in [-0.39, 0.29) is 5.91 Å². The third kappa shape index (κ3) is 3.67. The molecule has 1 saturated heterocycles. The summed E-state index contributed by atoms with van der Waals surface area (Å²) in [5, 5.41) is 8.71. The molecule has 98 valence electrons. The van der Waals surface area contributed by atoms with Crippen LogP contribution >= 0.6 is 0 Å². The Bertz CT molecular complexity index is 505. The second kappa shape index (κ2) is 6.17. The molecular formula is C15H18N3O+. The van der Waals surface area contributed by atoms with Crippen molar-refractivity contribution in [1.82, 2.24) is 4.90 Å². The average molecular weight is 256 g/mol. The normalized spacial score (nSPS) is 16.5. The van der Waals surface area contributed by atoms with Gasteiger partial charge in [0.2, 0.25) is 5.91 Å². The largest absolute Gasteiger partial charge is 0.334 e. The summed E-state index contributed by atoms with van der Waals surface area (Å²) < 4.78 is 0. The molecule has 1 heterocycles. The van der Waals surface area contributed by atoms with Gasteiger partial charge >= 0.3 is 0 Å². The summed E-state index contributed by atoms with van der Waals surface area (Å²) in [5.74, 6) is 0.0665. The van der Waals surface area contributed by atoms with Crippen molar-refractivity contribution < 1.29 is 9.69 Å². The highest BCUT2D eigenvalue weighted by molar-refractivity contribution is 5.91. The van der Waals surface area contributed by atoms with Crippen molar-refractivity contribution in [3.8, 4) is 6.07 Å². The van der Waals surface area contributed by atoms with Crippen molar-refractivity contribution in [2.45, 2.75) is 0 Å². The monoisotopic (exact) mass is 256 g/mol. The highest BCUT2D eigenvalue weighted by Crippen LogP contribution is 2.05. The summed E-state index contributed by atoms with van der Waals surface area (Å²) >= 11 is 0. The maximum atomic E-state index is 12.0. The first-order valence-electron chi connectivity index (χ1n) is 6.47. The van der Waals surface area contributed by atoms with Crippen molar-refractivity contribution in [3.63, 3.8) is 0 Å². The third-order valence-electron chi connectivity index (χ3n) is 3.39. The zero-order valence-electron chi connectivity index (χ0n) is 11.1. The minimum atomic E-state index is 0.0665. The molecule has 19 heavy (non-hydrogen) atoms. The molecule has 1 amide bonds. The number of nitriles is 1. The Hall–Kier alpha value is -2.12. The Balaban J connectivity index is 1.94. The smallest absolute Gasteiger partial charge is 0.246 e. The number of nitrogens with zero attached hydrogens (tertiary/aromatic N) is 2. The second-order valence-corrected chi connectivity index (χ2v) is 4.85. The zero-order chi connectivity index (χ0) is 13.7. The topological polar surface area (TPSA) is 48.5 Å². The number of carbonyl (C=O) groups excluding carboxylic acids is 1. The van der Waals surface area contributed by atoms with Gasteiger partial charge in [0.25, 0.3) is 0 Å². The van der Waals surface area contributed by atoms with E-state index in [9.17, 15) is 4.79 Å². The molecule has 1 fully saturated rings. The van der Waals surface area contributed by atoms with Crippen LogP contribution in [0.25, 0.3) is 6.08 Å². The van der Waals surface area contributed by atoms with E-state index < -0.39 is 0 Å². The first kappa shape index (κ1) is 13.3. The van der Waals surface area contributed by atoms with Crippen LogP contribution in [0.3, 0.4) is 0 Å². The lowest BCUT2D eigenvalue weighted by Gasteiger charge is -2.29. The van der Waals surface area contributed by atoms with Gasteiger partial charge in [-0.2, -0.15) is 5.26 Å². The number of quaternary nitrogens is 1. The Morgan fingerprint density at radius 1 is 1.32 bits per heavy atom. The van der Waals surface area contributed by atoms with Gasteiger partial charge in [0.15, 0.2) is 0 Å². The predicted molar refractivity (Wildman–Crippen MR) is 73.4 cm³/mol. The summed E-state index contributed by atoms with van der Waals surface area (Å²) in [5.41, 5.74) is 1.57. The lowest BCUT2D eigenvalue weighted by atomic mass is 10.1. The third-order valence-corrected chi connectivity index (χ3v) is 3.39. The van der Waals surface area contributed by atoms with Crippen molar-refractivity contribution in [3.05, 3.63) is 41.5 Å². The molecule has 1 aliphatic heterocycles. The van der Waals surface area contributed by atoms with Crippen LogP contribution in [0.1, 0.15) is 11.1 Å². The molecule has 1 aromatic carbocycles. The number of benzene rings is 1. The highest BCUT2D eigenvalue weighted by Gasteiger charge is 2.19. The molecule has 0 unspecified atom stereocenters. The molecule has 2 rings (SSSR count). The molecule has 0 aliphatic carbocycles. The molecular weight excluding hydrogens is 238 g/mol. The fraction of sp³-hybridized carbons (Fsp3) is 0.333. The van der Waals surface area contributed by atoms with Gasteiger partial charge in [-0.25, -0.2) is 0 Å². The molecule has 0 radical (unpaired) electrons. The van der Waals surface area contributed by atoms with E-state index in [0.29, 0.717) is 5.56 Å². The summed E-state index contributed by atoms with van der Waals surface area (Å²) in [7, 11) is 2.15. The number of piperazine rings is 1. The van der Waals surface area contributed by atoms with Gasteiger partial charge < -0.3 is 9.80 Å². The summed E-state index contributed by atoms with van der Waals surface area (Å²) in [6.45, 7) is 3.66. The molecule has 1 N–H and O–H groups in total. The number of hydrogen-bond donors (Lipinski definition) is 1. The zero-order valence-corrected chi connectivity index (χ0v) is 11.1. The van der Waals surface area contributed by atoms with Crippen molar-refractivity contribution in [2.75, 3.05) is 33.2 Å². The molecule has 4 heteroatoms. The van der Waals surface area contributed by atoms with Crippen LogP contribution < -0.4 is 4.90 Å². The quantitative estimate of drug-likeness (QED) is 0.753. The van der Waals surface area contributed by atoms with Crippen molar-refractivity contribution >= 4 is 12.0 Å². The van der Waals surface area contributed by atoms with E-state index in [2.05, 4.69) is 13.1 Å². The number of rotatable bonds is 2. The summed E-state index contributed by atoms with van der Waals surface area (Å²) in [6.07, 6.45) is 3.41. The van der Waals surface area contributed by atoms with Crippen molar-refractivity contribution in [2.24, 2.45) is 0 Å². The Labute approximate surface area is 113 Å². The predicted octanol–water partition coefficient (Wildman–Crippen LogP) is -0.0716. The standard InChI is InChI=1S/C15H17N3O/c1-17-8-10-18(11-9-17)15(19)7-6-13-2-4-14(12-16)5-3-13/h2-7H,8-11H2,1H3/p+1/b7-6+. The SMILES string of the molecule is C[NH+]1CCN(C(=O)/C=C/c2ccc(C#N)cc2)CC1. The van der Waals surface area contributed by atoms with E-state index in [1.807, 2.05) is 17.0 Å². The molecule has 0 spiro atoms. The summed E-state index contributed by atoms with van der Waals surface area (Å²) in [6, 6.07) is 9.27. The van der Waals surface area contributed by atoms with Gasteiger partial charge in [-0.05, 0) is 23.8 Å². The minimum Gasteiger partial charge on any atom is -0.334 e. The molecule has 1 aromatic rings. The second-order valence-electron chi connectivity index (χ2n) is 4.85. The number of amides is 1. The van der Waals surface area contributed by atoms with Crippen LogP contribution in [0.4, 0.5) is 0 Å². The maximum absolute atomic E-state index is 12.0. The van der Waals surface area contributed by atoms with Gasteiger partial charge in [0.1, 0.15) is 0 Å². The Morgan fingerprint density at radius 3 is 2.53 bits per heavy atom. The Morgan fingerprint density at radius 2 is 1.95 bits per heavy atom. The molecule has 0 bridgehead atoms. The molecule has 0 atom stereocenters. The number of likely N-dealkylation sites (N-methyl/N-ethyl adjacent to an activating group) is 1. The van der Waals surface area contributed by atoms with Gasteiger partial charge in [0, 0.05) is 6.08 Å². The van der Waals surface area contributed by atoms with E-state index >= 15 is 0 Å². The van der Waals surface area contributed by atoms with Gasteiger partial charge in [-0.15, -0.1) is 0 Å². The van der Waals surface area contributed by atoms with E-state index in [1.165, 1.54) is 4.90 Å². The minimum absolute atomic E-state index is 0.0665. The lowest BCUT2D eigenvalue weighted by molar-refractivity contribution is -0.883. The van der Waals surface area contributed by atoms with Crippen LogP contribution in [-0.4, -0.2) is 44.0 Å². The van der Waals surface area contributed by atoms with Crippen LogP contribution in [-0.2, 0) is 4.79 Å². The van der Waals surface area contributed by atoms with E-state index in [0.717, 1.165) is 31.7 Å². The Kier molecular flexibility index (Phi) is 4.32. The molecule has 0 aromatic heterocycles. The fourth-order valence-electron chi connectivity index (χ4n) is 2.05. The number of carbonyl (C=O) groups is 1. The number of hydrogen-bond acceptors (Lipinski definition) is 2. The number of nitrogens with one attached hydrogen (secondary N) is 1. The van der Waals surface area contributed by atoms with Gasteiger partial charge in [0.05, 0.1) is 44.9 Å². The first-order valence-corrected chi connectivity index (χ1v) is 6.47.